The van der Waals surface area contributed by atoms with E-state index in [9.17, 15) is 21.6 Å². The van der Waals surface area contributed by atoms with Crippen LogP contribution in [0.3, 0.4) is 0 Å². The molecule has 0 aliphatic carbocycles. The Morgan fingerprint density at radius 2 is 2.08 bits per heavy atom. The van der Waals surface area contributed by atoms with Crippen LogP contribution in [-0.2, 0) is 10.0 Å². The van der Waals surface area contributed by atoms with Crippen molar-refractivity contribution in [3.05, 3.63) is 35.5 Å². The number of nitriles is 1. The monoisotopic (exact) mass is 361 g/mol. The van der Waals surface area contributed by atoms with Gasteiger partial charge in [0.1, 0.15) is 22.4 Å². The summed E-state index contributed by atoms with van der Waals surface area (Å²) in [6, 6.07) is 5.10. The van der Waals surface area contributed by atoms with E-state index >= 15 is 0 Å². The highest BCUT2D eigenvalue weighted by molar-refractivity contribution is 7.89. The maximum atomic E-state index is 12.6. The number of halogens is 3. The molecule has 0 amide bonds. The van der Waals surface area contributed by atoms with Crippen molar-refractivity contribution < 1.29 is 26.3 Å². The number of hydrogen-bond acceptors (Lipinski definition) is 5. The third-order valence-electron chi connectivity index (χ3n) is 3.63. The van der Waals surface area contributed by atoms with Gasteiger partial charge in [-0.15, -0.1) is 13.2 Å². The van der Waals surface area contributed by atoms with Gasteiger partial charge in [-0.1, -0.05) is 6.07 Å². The molecule has 0 aromatic heterocycles. The zero-order valence-electron chi connectivity index (χ0n) is 12.8. The molecule has 0 bridgehead atoms. The number of nitrogens with zero attached hydrogens (tertiary/aromatic N) is 2. The van der Waals surface area contributed by atoms with Crippen molar-refractivity contribution >= 4 is 10.0 Å². The summed E-state index contributed by atoms with van der Waals surface area (Å²) in [4.78, 5) is 0.999. The van der Waals surface area contributed by atoms with Gasteiger partial charge >= 0.3 is 6.36 Å². The molecule has 1 heterocycles. The zero-order chi connectivity index (χ0) is 18.1. The van der Waals surface area contributed by atoms with Crippen molar-refractivity contribution in [2.45, 2.75) is 23.7 Å². The lowest BCUT2D eigenvalue weighted by Crippen LogP contribution is -2.24. The Hall–Kier alpha value is -2.25. The minimum Gasteiger partial charge on any atom is -0.404 e. The quantitative estimate of drug-likeness (QED) is 0.890. The summed E-state index contributed by atoms with van der Waals surface area (Å²) >= 11 is 0. The molecular formula is C14H14F3N3O3S. The minimum atomic E-state index is -5.03. The van der Waals surface area contributed by atoms with Gasteiger partial charge in [0.2, 0.25) is 10.0 Å². The predicted molar refractivity (Wildman–Crippen MR) is 78.2 cm³/mol. The van der Waals surface area contributed by atoms with Crippen LogP contribution in [-0.4, -0.2) is 33.8 Å². The topological polar surface area (TPSA) is 82.4 Å². The Labute approximate surface area is 137 Å². The van der Waals surface area contributed by atoms with Gasteiger partial charge in [-0.25, -0.2) is 13.1 Å². The molecule has 1 atom stereocenters. The lowest BCUT2D eigenvalue weighted by atomic mass is 10.0. The SMILES string of the molecule is CNS(=O)(=O)c1ccc(C2CC=C(C#N)N2C)cc1OC(F)(F)F. The van der Waals surface area contributed by atoms with E-state index in [4.69, 9.17) is 5.26 Å². The van der Waals surface area contributed by atoms with Crippen LogP contribution in [0.5, 0.6) is 5.75 Å². The highest BCUT2D eigenvalue weighted by Gasteiger charge is 2.35. The van der Waals surface area contributed by atoms with Gasteiger partial charge in [-0.2, -0.15) is 5.26 Å². The van der Waals surface area contributed by atoms with Crippen molar-refractivity contribution in [2.75, 3.05) is 14.1 Å². The standard InChI is InChI=1S/C14H14F3N3O3S/c1-19-24(21,22)13-6-3-9(7-12(13)23-14(15,16)17)11-5-4-10(8-18)20(11)2/h3-4,6-7,11,19H,5H2,1-2H3. The van der Waals surface area contributed by atoms with E-state index in [1.807, 2.05) is 10.8 Å². The second-order valence-electron chi connectivity index (χ2n) is 5.03. The maximum Gasteiger partial charge on any atom is 0.573 e. The highest BCUT2D eigenvalue weighted by atomic mass is 32.2. The Morgan fingerprint density at radius 3 is 2.58 bits per heavy atom. The molecule has 0 radical (unpaired) electrons. The summed E-state index contributed by atoms with van der Waals surface area (Å²) < 4.78 is 67.5. The van der Waals surface area contributed by atoms with Crippen LogP contribution in [0.15, 0.2) is 34.9 Å². The van der Waals surface area contributed by atoms with Crippen LogP contribution in [0.2, 0.25) is 0 Å². The van der Waals surface area contributed by atoms with Crippen molar-refractivity contribution in [3.8, 4) is 11.8 Å². The first kappa shape index (κ1) is 18.1. The van der Waals surface area contributed by atoms with Crippen LogP contribution >= 0.6 is 0 Å². The van der Waals surface area contributed by atoms with Gasteiger partial charge in [0.05, 0.1) is 6.04 Å². The number of benzene rings is 1. The fourth-order valence-electron chi connectivity index (χ4n) is 2.45. The average molecular weight is 361 g/mol. The molecule has 130 valence electrons. The van der Waals surface area contributed by atoms with Gasteiger partial charge in [0.15, 0.2) is 0 Å². The third kappa shape index (κ3) is 3.63. The first-order valence-corrected chi connectivity index (χ1v) is 8.23. The number of sulfonamides is 1. The largest absolute Gasteiger partial charge is 0.573 e. The van der Waals surface area contributed by atoms with Crippen molar-refractivity contribution in [1.29, 1.82) is 5.26 Å². The van der Waals surface area contributed by atoms with E-state index in [1.165, 1.54) is 6.07 Å². The van der Waals surface area contributed by atoms with Crippen LogP contribution in [0, 0.1) is 11.3 Å². The summed E-state index contributed by atoms with van der Waals surface area (Å²) in [7, 11) is -1.40. The number of hydrogen-bond donors (Lipinski definition) is 1. The van der Waals surface area contributed by atoms with E-state index in [0.717, 1.165) is 19.2 Å². The number of allylic oxidation sites excluding steroid dienone is 1. The van der Waals surface area contributed by atoms with Gasteiger partial charge < -0.3 is 9.64 Å². The van der Waals surface area contributed by atoms with Gasteiger partial charge in [0.25, 0.3) is 0 Å². The summed E-state index contributed by atoms with van der Waals surface area (Å²) in [6.45, 7) is 0. The summed E-state index contributed by atoms with van der Waals surface area (Å²) in [5.74, 6) is -0.812. The maximum absolute atomic E-state index is 12.6. The number of nitrogens with one attached hydrogen (secondary N) is 1. The van der Waals surface area contributed by atoms with Crippen LogP contribution < -0.4 is 9.46 Å². The number of alkyl halides is 3. The number of ether oxygens (including phenoxy) is 1. The molecule has 0 spiro atoms. The van der Waals surface area contributed by atoms with E-state index in [0.29, 0.717) is 17.7 Å². The van der Waals surface area contributed by atoms with Crippen molar-refractivity contribution in [2.24, 2.45) is 0 Å². The summed E-state index contributed by atoms with van der Waals surface area (Å²) in [6.07, 6.45) is -2.95. The Kier molecular flexibility index (Phi) is 4.77. The van der Waals surface area contributed by atoms with Crippen LogP contribution in [0.1, 0.15) is 18.0 Å². The van der Waals surface area contributed by atoms with Gasteiger partial charge in [0, 0.05) is 7.05 Å². The molecule has 24 heavy (non-hydrogen) atoms. The van der Waals surface area contributed by atoms with E-state index in [1.54, 1.807) is 18.0 Å². The number of rotatable bonds is 4. The first-order valence-electron chi connectivity index (χ1n) is 6.75. The smallest absolute Gasteiger partial charge is 0.404 e. The third-order valence-corrected chi connectivity index (χ3v) is 5.09. The molecule has 1 aliphatic heterocycles. The molecule has 0 fully saturated rings. The first-order chi connectivity index (χ1) is 11.1. The summed E-state index contributed by atoms with van der Waals surface area (Å²) in [5.41, 5.74) is 0.804. The molecule has 0 saturated heterocycles. The second-order valence-corrected chi connectivity index (χ2v) is 6.88. The van der Waals surface area contributed by atoms with E-state index in [-0.39, 0.29) is 6.04 Å². The van der Waals surface area contributed by atoms with E-state index in [2.05, 4.69) is 4.74 Å². The lowest BCUT2D eigenvalue weighted by molar-refractivity contribution is -0.275. The van der Waals surface area contributed by atoms with Crippen molar-refractivity contribution in [1.82, 2.24) is 9.62 Å². The predicted octanol–water partition coefficient (Wildman–Crippen LogP) is 2.28. The fraction of sp³-hybridized carbons (Fsp3) is 0.357. The Balaban J connectivity index is 2.48. The molecule has 6 nitrogen and oxygen atoms in total. The van der Waals surface area contributed by atoms with Crippen molar-refractivity contribution in [3.63, 3.8) is 0 Å². The highest BCUT2D eigenvalue weighted by Crippen LogP contribution is 2.37. The fourth-order valence-corrected chi connectivity index (χ4v) is 3.28. The minimum absolute atomic E-state index is 0.374. The van der Waals surface area contributed by atoms with Gasteiger partial charge in [-0.05, 0) is 37.2 Å². The molecule has 10 heteroatoms. The lowest BCUT2D eigenvalue weighted by Gasteiger charge is -2.24. The molecule has 1 aromatic carbocycles. The summed E-state index contributed by atoms with van der Waals surface area (Å²) in [5, 5.41) is 8.97. The molecule has 1 N–H and O–H groups in total. The van der Waals surface area contributed by atoms with Gasteiger partial charge in [-0.3, -0.25) is 0 Å². The molecule has 0 saturated carbocycles. The van der Waals surface area contributed by atoms with Crippen LogP contribution in [0.25, 0.3) is 0 Å². The average Bonchev–Trinajstić information content (AvgIpc) is 2.86. The molecule has 1 aromatic rings. The Morgan fingerprint density at radius 1 is 1.42 bits per heavy atom. The molecule has 1 aliphatic rings. The second kappa shape index (κ2) is 6.33. The van der Waals surface area contributed by atoms with Crippen LogP contribution in [0.4, 0.5) is 13.2 Å². The van der Waals surface area contributed by atoms with E-state index < -0.39 is 27.0 Å². The normalized spacial score (nSPS) is 18.2. The Bertz CT molecular complexity index is 813. The molecule has 1 unspecified atom stereocenters. The molecular weight excluding hydrogens is 347 g/mol. The zero-order valence-corrected chi connectivity index (χ0v) is 13.6. The molecule has 2 rings (SSSR count).